The third kappa shape index (κ3) is 2.61. The fourth-order valence-electron chi connectivity index (χ4n) is 0.451. The van der Waals surface area contributed by atoms with Gasteiger partial charge in [0, 0.05) is 19.0 Å². The van der Waals surface area contributed by atoms with Crippen molar-refractivity contribution in [3.05, 3.63) is 22.3 Å². The second-order valence-corrected chi connectivity index (χ2v) is 1.73. The maximum absolute atomic E-state index is 8.01. The molecule has 0 aliphatic heterocycles. The van der Waals surface area contributed by atoms with E-state index in [0.717, 1.165) is 0 Å². The molecular weight excluding hydrogens is 116 g/mol. The summed E-state index contributed by atoms with van der Waals surface area (Å²) in [4.78, 5) is 4.39. The van der Waals surface area contributed by atoms with Crippen molar-refractivity contribution < 1.29 is 0 Å². The highest BCUT2D eigenvalue weighted by molar-refractivity contribution is 4.94. The average Bonchev–Trinajstić information content (AvgIpc) is 1.82. The molecular formula is C5H10N4. The molecule has 0 saturated heterocycles. The van der Waals surface area contributed by atoms with Crippen molar-refractivity contribution in [3.8, 4) is 0 Å². The van der Waals surface area contributed by atoms with Crippen molar-refractivity contribution in [1.29, 1.82) is 0 Å². The highest BCUT2D eigenvalue weighted by atomic mass is 15.3. The summed E-state index contributed by atoms with van der Waals surface area (Å²) in [5.41, 5.74) is 8.01. The minimum Gasteiger partial charge on any atom is -0.376 e. The monoisotopic (exact) mass is 126 g/mol. The molecule has 0 atom stereocenters. The van der Waals surface area contributed by atoms with Gasteiger partial charge in [-0.05, 0) is 17.6 Å². The van der Waals surface area contributed by atoms with Crippen molar-refractivity contribution in [1.82, 2.24) is 4.90 Å². The number of azide groups is 1. The molecule has 0 aromatic rings. The van der Waals surface area contributed by atoms with Crippen LogP contribution in [0.1, 0.15) is 6.92 Å². The molecule has 4 heteroatoms. The predicted octanol–water partition coefficient (Wildman–Crippen LogP) is 1.72. The largest absolute Gasteiger partial charge is 0.376 e. The van der Waals surface area contributed by atoms with Gasteiger partial charge >= 0.3 is 0 Å². The van der Waals surface area contributed by atoms with Gasteiger partial charge in [0.1, 0.15) is 0 Å². The molecule has 0 fully saturated rings. The molecule has 0 bridgehead atoms. The Morgan fingerprint density at radius 1 is 1.67 bits per heavy atom. The SMILES string of the molecule is C/C=C(/N=[N+]=[N-])N(C)C. The predicted molar refractivity (Wildman–Crippen MR) is 36.6 cm³/mol. The zero-order valence-corrected chi connectivity index (χ0v) is 5.87. The summed E-state index contributed by atoms with van der Waals surface area (Å²) in [6.45, 7) is 1.82. The molecule has 0 unspecified atom stereocenters. The van der Waals surface area contributed by atoms with E-state index in [2.05, 4.69) is 10.0 Å². The lowest BCUT2D eigenvalue weighted by Gasteiger charge is -2.09. The van der Waals surface area contributed by atoms with E-state index in [1.54, 1.807) is 11.0 Å². The van der Waals surface area contributed by atoms with Crippen LogP contribution in [0.25, 0.3) is 10.4 Å². The topological polar surface area (TPSA) is 52.0 Å². The molecule has 0 radical (unpaired) electrons. The van der Waals surface area contributed by atoms with Crippen LogP contribution < -0.4 is 0 Å². The smallest absolute Gasteiger partial charge is 0.0957 e. The molecule has 0 N–H and O–H groups in total. The van der Waals surface area contributed by atoms with Crippen LogP contribution in [0.5, 0.6) is 0 Å². The Bertz CT molecular complexity index is 152. The summed E-state index contributed by atoms with van der Waals surface area (Å²) < 4.78 is 0. The van der Waals surface area contributed by atoms with Crippen molar-refractivity contribution in [3.63, 3.8) is 0 Å². The zero-order valence-electron chi connectivity index (χ0n) is 5.87. The lowest BCUT2D eigenvalue weighted by Crippen LogP contribution is -2.07. The van der Waals surface area contributed by atoms with Crippen LogP contribution in [-0.4, -0.2) is 19.0 Å². The molecule has 0 aromatic heterocycles. The van der Waals surface area contributed by atoms with Gasteiger partial charge in [0.2, 0.25) is 0 Å². The second-order valence-electron chi connectivity index (χ2n) is 1.73. The van der Waals surface area contributed by atoms with Crippen molar-refractivity contribution in [2.75, 3.05) is 14.1 Å². The highest BCUT2D eigenvalue weighted by Crippen LogP contribution is 1.98. The van der Waals surface area contributed by atoms with E-state index in [-0.39, 0.29) is 0 Å². The fraction of sp³-hybridized carbons (Fsp3) is 0.600. The first-order chi connectivity index (χ1) is 4.22. The van der Waals surface area contributed by atoms with Crippen LogP contribution in [0.4, 0.5) is 0 Å². The van der Waals surface area contributed by atoms with E-state index in [1.165, 1.54) is 0 Å². The molecule has 0 saturated carbocycles. The third-order valence-electron chi connectivity index (χ3n) is 0.864. The van der Waals surface area contributed by atoms with Crippen molar-refractivity contribution in [2.24, 2.45) is 5.11 Å². The van der Waals surface area contributed by atoms with E-state index in [0.29, 0.717) is 5.82 Å². The first-order valence-electron chi connectivity index (χ1n) is 2.61. The number of nitrogens with zero attached hydrogens (tertiary/aromatic N) is 4. The molecule has 50 valence electrons. The number of allylic oxidation sites excluding steroid dienone is 1. The second kappa shape index (κ2) is 3.80. The third-order valence-corrected chi connectivity index (χ3v) is 0.864. The summed E-state index contributed by atoms with van der Waals surface area (Å²) in [5, 5.41) is 3.41. The number of hydrogen-bond donors (Lipinski definition) is 0. The van der Waals surface area contributed by atoms with Gasteiger partial charge in [-0.15, -0.1) is 0 Å². The quantitative estimate of drug-likeness (QED) is 0.315. The van der Waals surface area contributed by atoms with Gasteiger partial charge in [-0.3, -0.25) is 0 Å². The van der Waals surface area contributed by atoms with Crippen LogP contribution in [-0.2, 0) is 0 Å². The maximum atomic E-state index is 8.01. The molecule has 9 heavy (non-hydrogen) atoms. The molecule has 0 amide bonds. The van der Waals surface area contributed by atoms with Crippen molar-refractivity contribution >= 4 is 0 Å². The maximum Gasteiger partial charge on any atom is 0.0957 e. The molecule has 4 nitrogen and oxygen atoms in total. The Hall–Kier alpha value is -1.15. The Balaban J connectivity index is 4.18. The molecule has 0 heterocycles. The van der Waals surface area contributed by atoms with Gasteiger partial charge in [-0.2, -0.15) is 0 Å². The Labute approximate surface area is 54.4 Å². The van der Waals surface area contributed by atoms with Crippen LogP contribution in [0, 0.1) is 0 Å². The van der Waals surface area contributed by atoms with Gasteiger partial charge < -0.3 is 4.90 Å². The summed E-state index contributed by atoms with van der Waals surface area (Å²) in [7, 11) is 3.65. The number of rotatable bonds is 2. The molecule has 0 spiro atoms. The Morgan fingerprint density at radius 3 is 2.33 bits per heavy atom. The summed E-state index contributed by atoms with van der Waals surface area (Å²) >= 11 is 0. The van der Waals surface area contributed by atoms with Gasteiger partial charge in [0.15, 0.2) is 0 Å². The van der Waals surface area contributed by atoms with E-state index in [1.807, 2.05) is 21.0 Å². The minimum absolute atomic E-state index is 0.637. The fourth-order valence-corrected chi connectivity index (χ4v) is 0.451. The standard InChI is InChI=1S/C5H10N4/c1-4-5(7-8-6)9(2)3/h4H,1-3H3/b5-4-. The molecule has 0 aliphatic rings. The lowest BCUT2D eigenvalue weighted by molar-refractivity contribution is 0.504. The Morgan fingerprint density at radius 2 is 2.22 bits per heavy atom. The molecule has 0 aromatic carbocycles. The van der Waals surface area contributed by atoms with Gasteiger partial charge in [0.25, 0.3) is 0 Å². The van der Waals surface area contributed by atoms with E-state index in [4.69, 9.17) is 5.53 Å². The van der Waals surface area contributed by atoms with Gasteiger partial charge in [-0.1, -0.05) is 6.08 Å². The van der Waals surface area contributed by atoms with Crippen molar-refractivity contribution in [2.45, 2.75) is 6.92 Å². The van der Waals surface area contributed by atoms with Crippen LogP contribution in [0.2, 0.25) is 0 Å². The molecule has 0 rings (SSSR count). The summed E-state index contributed by atoms with van der Waals surface area (Å²) in [6, 6.07) is 0. The average molecular weight is 126 g/mol. The van der Waals surface area contributed by atoms with Crippen LogP contribution >= 0.6 is 0 Å². The first kappa shape index (κ1) is 7.85. The van der Waals surface area contributed by atoms with Gasteiger partial charge in [0.05, 0.1) is 5.82 Å². The van der Waals surface area contributed by atoms with Gasteiger partial charge in [-0.25, -0.2) is 0 Å². The molecule has 0 aliphatic carbocycles. The van der Waals surface area contributed by atoms with Crippen LogP contribution in [0.3, 0.4) is 0 Å². The zero-order chi connectivity index (χ0) is 7.28. The normalized spacial score (nSPS) is 10.3. The lowest BCUT2D eigenvalue weighted by atomic mass is 10.6. The van der Waals surface area contributed by atoms with E-state index >= 15 is 0 Å². The summed E-state index contributed by atoms with van der Waals surface area (Å²) in [6.07, 6.45) is 1.75. The number of hydrogen-bond acceptors (Lipinski definition) is 2. The van der Waals surface area contributed by atoms with E-state index in [9.17, 15) is 0 Å². The first-order valence-corrected chi connectivity index (χ1v) is 2.61. The Kier molecular flexibility index (Phi) is 3.32. The minimum atomic E-state index is 0.637. The summed E-state index contributed by atoms with van der Waals surface area (Å²) in [5.74, 6) is 0.637. The van der Waals surface area contributed by atoms with E-state index < -0.39 is 0 Å². The highest BCUT2D eigenvalue weighted by Gasteiger charge is 1.89. The van der Waals surface area contributed by atoms with Crippen LogP contribution in [0.15, 0.2) is 17.0 Å².